The SMILES string of the molecule is O=C(N[C@@H](C(=O)N1CCCCC1)C1CCN(C(=O)C2CC2)CC1)c1cccs1. The lowest BCUT2D eigenvalue weighted by atomic mass is 9.87. The van der Waals surface area contributed by atoms with E-state index in [9.17, 15) is 14.4 Å². The number of nitrogens with one attached hydrogen (secondary N) is 1. The van der Waals surface area contributed by atoms with Crippen LogP contribution in [0.25, 0.3) is 0 Å². The van der Waals surface area contributed by atoms with Gasteiger partial charge in [0.05, 0.1) is 4.88 Å². The van der Waals surface area contributed by atoms with Crippen molar-refractivity contribution in [1.82, 2.24) is 15.1 Å². The first-order valence-electron chi connectivity index (χ1n) is 10.6. The number of thiophene rings is 1. The second kappa shape index (κ2) is 8.64. The normalized spacial score (nSPS) is 22.0. The Balaban J connectivity index is 1.43. The van der Waals surface area contributed by atoms with E-state index >= 15 is 0 Å². The van der Waals surface area contributed by atoms with E-state index in [0.717, 1.165) is 58.0 Å². The third-order valence-electron chi connectivity index (χ3n) is 6.21. The Bertz CT molecular complexity index is 702. The van der Waals surface area contributed by atoms with E-state index in [2.05, 4.69) is 5.32 Å². The fraction of sp³-hybridized carbons (Fsp3) is 0.667. The molecule has 0 bridgehead atoms. The summed E-state index contributed by atoms with van der Waals surface area (Å²) in [6, 6.07) is 3.15. The monoisotopic (exact) mass is 403 g/mol. The van der Waals surface area contributed by atoms with Crippen molar-refractivity contribution in [2.45, 2.75) is 51.0 Å². The van der Waals surface area contributed by atoms with Crippen molar-refractivity contribution >= 4 is 29.1 Å². The fourth-order valence-corrected chi connectivity index (χ4v) is 4.98. The molecule has 1 aliphatic carbocycles. The van der Waals surface area contributed by atoms with Crippen LogP contribution in [0.15, 0.2) is 17.5 Å². The lowest BCUT2D eigenvalue weighted by Crippen LogP contribution is -2.55. The molecular formula is C21H29N3O3S. The Hall–Kier alpha value is -1.89. The molecule has 2 saturated heterocycles. The summed E-state index contributed by atoms with van der Waals surface area (Å²) in [6.07, 6.45) is 6.81. The number of nitrogens with zero attached hydrogens (tertiary/aromatic N) is 2. The second-order valence-electron chi connectivity index (χ2n) is 8.25. The molecule has 3 aliphatic rings. The van der Waals surface area contributed by atoms with Crippen LogP contribution in [-0.4, -0.2) is 59.7 Å². The van der Waals surface area contributed by atoms with E-state index in [4.69, 9.17) is 0 Å². The van der Waals surface area contributed by atoms with Crippen molar-refractivity contribution in [3.05, 3.63) is 22.4 Å². The first-order chi connectivity index (χ1) is 13.6. The molecule has 1 atom stereocenters. The van der Waals surface area contributed by atoms with Crippen molar-refractivity contribution in [2.75, 3.05) is 26.2 Å². The topological polar surface area (TPSA) is 69.7 Å². The highest BCUT2D eigenvalue weighted by Gasteiger charge is 2.39. The first-order valence-corrected chi connectivity index (χ1v) is 11.4. The average Bonchev–Trinajstić information content (AvgIpc) is 3.45. The van der Waals surface area contributed by atoms with Gasteiger partial charge in [-0.05, 0) is 62.3 Å². The predicted octanol–water partition coefficient (Wildman–Crippen LogP) is 2.51. The molecule has 0 radical (unpaired) electrons. The minimum absolute atomic E-state index is 0.0524. The Morgan fingerprint density at radius 2 is 1.68 bits per heavy atom. The number of carbonyl (C=O) groups excluding carboxylic acids is 3. The van der Waals surface area contributed by atoms with Gasteiger partial charge in [0.1, 0.15) is 6.04 Å². The molecule has 4 rings (SSSR count). The average molecular weight is 404 g/mol. The maximum absolute atomic E-state index is 13.3. The third-order valence-corrected chi connectivity index (χ3v) is 7.08. The van der Waals surface area contributed by atoms with Crippen LogP contribution in [0.1, 0.15) is 54.6 Å². The van der Waals surface area contributed by atoms with Gasteiger partial charge < -0.3 is 15.1 Å². The Morgan fingerprint density at radius 1 is 0.964 bits per heavy atom. The van der Waals surface area contributed by atoms with Crippen LogP contribution in [-0.2, 0) is 9.59 Å². The fourth-order valence-electron chi connectivity index (χ4n) is 4.35. The number of hydrogen-bond acceptors (Lipinski definition) is 4. The summed E-state index contributed by atoms with van der Waals surface area (Å²) >= 11 is 1.39. The zero-order valence-electron chi connectivity index (χ0n) is 16.3. The van der Waals surface area contributed by atoms with E-state index in [1.807, 2.05) is 21.2 Å². The van der Waals surface area contributed by atoms with E-state index in [0.29, 0.717) is 18.0 Å². The van der Waals surface area contributed by atoms with E-state index < -0.39 is 6.04 Å². The number of hydrogen-bond donors (Lipinski definition) is 1. The van der Waals surface area contributed by atoms with Gasteiger partial charge in [-0.25, -0.2) is 0 Å². The van der Waals surface area contributed by atoms with Crippen molar-refractivity contribution in [3.8, 4) is 0 Å². The predicted molar refractivity (Wildman–Crippen MR) is 108 cm³/mol. The van der Waals surface area contributed by atoms with Gasteiger partial charge in [-0.3, -0.25) is 14.4 Å². The molecule has 6 nitrogen and oxygen atoms in total. The standard InChI is InChI=1S/C21H29N3O3S/c25-19(17-5-4-14-28-17)22-18(21(27)23-10-2-1-3-11-23)15-8-12-24(13-9-15)20(26)16-6-7-16/h4-5,14-16,18H,1-3,6-13H2,(H,22,25)/t18-/m1/s1. The molecule has 1 N–H and O–H groups in total. The zero-order valence-corrected chi connectivity index (χ0v) is 17.1. The smallest absolute Gasteiger partial charge is 0.262 e. The number of rotatable bonds is 5. The van der Waals surface area contributed by atoms with Gasteiger partial charge in [-0.1, -0.05) is 6.07 Å². The molecule has 0 spiro atoms. The van der Waals surface area contributed by atoms with Crippen LogP contribution in [0.3, 0.4) is 0 Å². The molecule has 3 amide bonds. The van der Waals surface area contributed by atoms with Crippen LogP contribution < -0.4 is 5.32 Å². The van der Waals surface area contributed by atoms with Crippen LogP contribution in [0.4, 0.5) is 0 Å². The lowest BCUT2D eigenvalue weighted by Gasteiger charge is -2.38. The van der Waals surface area contributed by atoms with Crippen LogP contribution in [0, 0.1) is 11.8 Å². The summed E-state index contributed by atoms with van der Waals surface area (Å²) in [5.41, 5.74) is 0. The summed E-state index contributed by atoms with van der Waals surface area (Å²) in [6.45, 7) is 2.95. The van der Waals surface area contributed by atoms with Crippen molar-refractivity contribution in [3.63, 3.8) is 0 Å². The summed E-state index contributed by atoms with van der Waals surface area (Å²) in [4.78, 5) is 42.8. The molecule has 1 aromatic rings. The highest BCUT2D eigenvalue weighted by Crippen LogP contribution is 2.33. The Labute approximate surface area is 170 Å². The van der Waals surface area contributed by atoms with E-state index in [-0.39, 0.29) is 29.6 Å². The Morgan fingerprint density at radius 3 is 2.29 bits per heavy atom. The minimum Gasteiger partial charge on any atom is -0.342 e. The quantitative estimate of drug-likeness (QED) is 0.821. The van der Waals surface area contributed by atoms with Crippen LogP contribution >= 0.6 is 11.3 Å². The number of carbonyl (C=O) groups is 3. The first kappa shape index (κ1) is 19.4. The second-order valence-corrected chi connectivity index (χ2v) is 9.20. The van der Waals surface area contributed by atoms with Gasteiger partial charge in [0, 0.05) is 32.1 Å². The van der Waals surface area contributed by atoms with Crippen LogP contribution in [0.2, 0.25) is 0 Å². The summed E-state index contributed by atoms with van der Waals surface area (Å²) in [5, 5.41) is 4.92. The molecule has 28 heavy (non-hydrogen) atoms. The maximum atomic E-state index is 13.3. The minimum atomic E-state index is -0.495. The molecule has 3 heterocycles. The lowest BCUT2D eigenvalue weighted by molar-refractivity contribution is -0.137. The van der Waals surface area contributed by atoms with Crippen molar-refractivity contribution in [2.24, 2.45) is 11.8 Å². The van der Waals surface area contributed by atoms with E-state index in [1.54, 1.807) is 6.07 Å². The molecular weight excluding hydrogens is 374 g/mol. The van der Waals surface area contributed by atoms with Gasteiger partial charge in [-0.15, -0.1) is 11.3 Å². The van der Waals surface area contributed by atoms with E-state index in [1.165, 1.54) is 11.3 Å². The zero-order chi connectivity index (χ0) is 19.5. The molecule has 2 aliphatic heterocycles. The number of piperidine rings is 2. The van der Waals surface area contributed by atoms with Gasteiger partial charge in [0.2, 0.25) is 11.8 Å². The largest absolute Gasteiger partial charge is 0.342 e. The van der Waals surface area contributed by atoms with Gasteiger partial charge >= 0.3 is 0 Å². The highest BCUT2D eigenvalue weighted by atomic mass is 32.1. The molecule has 0 unspecified atom stereocenters. The van der Waals surface area contributed by atoms with Crippen molar-refractivity contribution < 1.29 is 14.4 Å². The summed E-state index contributed by atoms with van der Waals surface area (Å²) < 4.78 is 0. The van der Waals surface area contributed by atoms with Crippen LogP contribution in [0.5, 0.6) is 0 Å². The van der Waals surface area contributed by atoms with Gasteiger partial charge in [0.15, 0.2) is 0 Å². The highest BCUT2D eigenvalue weighted by molar-refractivity contribution is 7.12. The molecule has 7 heteroatoms. The summed E-state index contributed by atoms with van der Waals surface area (Å²) in [7, 11) is 0. The molecule has 152 valence electrons. The maximum Gasteiger partial charge on any atom is 0.262 e. The van der Waals surface area contributed by atoms with Gasteiger partial charge in [-0.2, -0.15) is 0 Å². The Kier molecular flexibility index (Phi) is 5.99. The number of amides is 3. The third kappa shape index (κ3) is 4.40. The molecule has 1 saturated carbocycles. The molecule has 0 aromatic carbocycles. The number of likely N-dealkylation sites (tertiary alicyclic amines) is 2. The molecule has 1 aromatic heterocycles. The molecule has 3 fully saturated rings. The summed E-state index contributed by atoms with van der Waals surface area (Å²) in [5.74, 6) is 0.487. The van der Waals surface area contributed by atoms with Gasteiger partial charge in [0.25, 0.3) is 5.91 Å². The van der Waals surface area contributed by atoms with Crippen molar-refractivity contribution in [1.29, 1.82) is 0 Å².